The first-order chi connectivity index (χ1) is 9.36. The average molecular weight is 278 g/mol. The van der Waals surface area contributed by atoms with Gasteiger partial charge in [-0.05, 0) is 62.3 Å². The highest BCUT2D eigenvalue weighted by molar-refractivity contribution is 7.98. The second-order valence-electron chi connectivity index (χ2n) is 5.39. The molecular formula is C16H26N2S. The van der Waals surface area contributed by atoms with Crippen LogP contribution in [0.1, 0.15) is 49.8 Å². The number of nitrogens with zero attached hydrogens (tertiary/aromatic N) is 1. The predicted molar refractivity (Wildman–Crippen MR) is 85.0 cm³/mol. The minimum Gasteiger partial charge on any atom is -0.313 e. The zero-order chi connectivity index (χ0) is 13.5. The average Bonchev–Trinajstić information content (AvgIpc) is 2.47. The normalized spacial score (nSPS) is 20.0. The highest BCUT2D eigenvalue weighted by atomic mass is 32.2. The summed E-state index contributed by atoms with van der Waals surface area (Å²) in [5.74, 6) is 1.85. The zero-order valence-corrected chi connectivity index (χ0v) is 13.0. The quantitative estimate of drug-likeness (QED) is 0.824. The van der Waals surface area contributed by atoms with E-state index in [2.05, 4.69) is 30.6 Å². The highest BCUT2D eigenvalue weighted by Gasteiger charge is 2.28. The van der Waals surface area contributed by atoms with E-state index in [1.165, 1.54) is 49.1 Å². The first kappa shape index (κ1) is 14.9. The molecule has 106 valence electrons. The fraction of sp³-hybridized carbons (Fsp3) is 0.688. The van der Waals surface area contributed by atoms with Gasteiger partial charge in [-0.3, -0.25) is 4.98 Å². The van der Waals surface area contributed by atoms with Crippen molar-refractivity contribution < 1.29 is 0 Å². The topological polar surface area (TPSA) is 24.9 Å². The molecule has 2 unspecified atom stereocenters. The number of nitrogens with one attached hydrogen (secondary N) is 1. The van der Waals surface area contributed by atoms with Crippen LogP contribution in [0, 0.1) is 0 Å². The number of hydrogen-bond donors (Lipinski definition) is 1. The third-order valence-electron chi connectivity index (χ3n) is 4.01. The van der Waals surface area contributed by atoms with Crippen molar-refractivity contribution in [3.8, 4) is 0 Å². The van der Waals surface area contributed by atoms with Gasteiger partial charge in [0.25, 0.3) is 0 Å². The van der Waals surface area contributed by atoms with E-state index in [0.29, 0.717) is 12.0 Å². The van der Waals surface area contributed by atoms with Crippen LogP contribution < -0.4 is 5.32 Å². The number of aryl methyl sites for hydroxylation is 1. The largest absolute Gasteiger partial charge is 0.313 e. The summed E-state index contributed by atoms with van der Waals surface area (Å²) in [6.45, 7) is 3.36. The van der Waals surface area contributed by atoms with Crippen LogP contribution in [0.2, 0.25) is 0 Å². The SMILES string of the molecule is CCCNC(CCSC)C1CCCc2cccnc21. The second-order valence-corrected chi connectivity index (χ2v) is 6.37. The van der Waals surface area contributed by atoms with Crippen molar-refractivity contribution in [1.82, 2.24) is 10.3 Å². The van der Waals surface area contributed by atoms with Crippen LogP contribution in [0.3, 0.4) is 0 Å². The minimum absolute atomic E-state index is 0.598. The van der Waals surface area contributed by atoms with Crippen LogP contribution in [-0.2, 0) is 6.42 Å². The second kappa shape index (κ2) is 7.91. The molecule has 0 aromatic carbocycles. The molecule has 0 bridgehead atoms. The maximum atomic E-state index is 4.69. The van der Waals surface area contributed by atoms with Gasteiger partial charge in [-0.25, -0.2) is 0 Å². The van der Waals surface area contributed by atoms with Crippen molar-refractivity contribution in [3.05, 3.63) is 29.6 Å². The molecule has 0 saturated carbocycles. The molecule has 1 aromatic heterocycles. The first-order valence-corrected chi connectivity index (χ1v) is 8.92. The van der Waals surface area contributed by atoms with Crippen molar-refractivity contribution in [2.45, 2.75) is 51.0 Å². The number of fused-ring (bicyclic) bond motifs is 1. The Hall–Kier alpha value is -0.540. The van der Waals surface area contributed by atoms with E-state index in [1.807, 2.05) is 18.0 Å². The molecule has 1 aliphatic rings. The lowest BCUT2D eigenvalue weighted by atomic mass is 9.81. The van der Waals surface area contributed by atoms with Crippen LogP contribution in [0.5, 0.6) is 0 Å². The summed E-state index contributed by atoms with van der Waals surface area (Å²) in [5, 5.41) is 3.76. The van der Waals surface area contributed by atoms with Crippen LogP contribution in [0.15, 0.2) is 18.3 Å². The van der Waals surface area contributed by atoms with Crippen molar-refractivity contribution in [2.75, 3.05) is 18.6 Å². The predicted octanol–water partition coefficient (Wildman–Crippen LogP) is 3.62. The van der Waals surface area contributed by atoms with E-state index < -0.39 is 0 Å². The zero-order valence-electron chi connectivity index (χ0n) is 12.2. The molecule has 3 heteroatoms. The summed E-state index contributed by atoms with van der Waals surface area (Å²) in [7, 11) is 0. The monoisotopic (exact) mass is 278 g/mol. The van der Waals surface area contributed by atoms with Crippen molar-refractivity contribution >= 4 is 11.8 Å². The van der Waals surface area contributed by atoms with E-state index in [-0.39, 0.29) is 0 Å². The van der Waals surface area contributed by atoms with Gasteiger partial charge in [0.1, 0.15) is 0 Å². The van der Waals surface area contributed by atoms with Gasteiger partial charge in [0.2, 0.25) is 0 Å². The molecule has 0 aliphatic heterocycles. The van der Waals surface area contributed by atoms with Crippen molar-refractivity contribution in [2.24, 2.45) is 0 Å². The summed E-state index contributed by atoms with van der Waals surface area (Å²) in [5.41, 5.74) is 2.84. The summed E-state index contributed by atoms with van der Waals surface area (Å²) in [6, 6.07) is 4.94. The molecule has 1 heterocycles. The Balaban J connectivity index is 2.12. The standard InChI is InChI=1S/C16H26N2S/c1-3-10-17-15(9-12-19-2)14-8-4-6-13-7-5-11-18-16(13)14/h5,7,11,14-15,17H,3-4,6,8-10,12H2,1-2H3. The fourth-order valence-corrected chi connectivity index (χ4v) is 3.55. The smallest absolute Gasteiger partial charge is 0.0481 e. The Bertz CT molecular complexity index is 373. The van der Waals surface area contributed by atoms with E-state index in [0.717, 1.165) is 6.54 Å². The molecule has 1 aromatic rings. The van der Waals surface area contributed by atoms with Gasteiger partial charge in [-0.2, -0.15) is 11.8 Å². The Kier molecular flexibility index (Phi) is 6.18. The van der Waals surface area contributed by atoms with E-state index in [1.54, 1.807) is 0 Å². The lowest BCUT2D eigenvalue weighted by Crippen LogP contribution is -2.38. The van der Waals surface area contributed by atoms with Gasteiger partial charge in [0.05, 0.1) is 0 Å². The summed E-state index contributed by atoms with van der Waals surface area (Å²) in [4.78, 5) is 4.69. The minimum atomic E-state index is 0.598. The Morgan fingerprint density at radius 3 is 3.21 bits per heavy atom. The third kappa shape index (κ3) is 3.96. The molecule has 2 nitrogen and oxygen atoms in total. The van der Waals surface area contributed by atoms with Crippen LogP contribution in [0.4, 0.5) is 0 Å². The van der Waals surface area contributed by atoms with E-state index in [4.69, 9.17) is 4.98 Å². The molecule has 1 N–H and O–H groups in total. The Morgan fingerprint density at radius 2 is 2.42 bits per heavy atom. The first-order valence-electron chi connectivity index (χ1n) is 7.53. The fourth-order valence-electron chi connectivity index (χ4n) is 3.06. The van der Waals surface area contributed by atoms with Gasteiger partial charge < -0.3 is 5.32 Å². The number of rotatable bonds is 7. The lowest BCUT2D eigenvalue weighted by molar-refractivity contribution is 0.378. The van der Waals surface area contributed by atoms with E-state index in [9.17, 15) is 0 Å². The molecule has 0 radical (unpaired) electrons. The van der Waals surface area contributed by atoms with Crippen LogP contribution >= 0.6 is 11.8 Å². The van der Waals surface area contributed by atoms with Crippen molar-refractivity contribution in [3.63, 3.8) is 0 Å². The highest BCUT2D eigenvalue weighted by Crippen LogP contribution is 2.33. The maximum absolute atomic E-state index is 4.69. The molecule has 0 fully saturated rings. The summed E-state index contributed by atoms with van der Waals surface area (Å²) >= 11 is 1.95. The third-order valence-corrected chi connectivity index (χ3v) is 4.66. The molecule has 1 aliphatic carbocycles. The van der Waals surface area contributed by atoms with Gasteiger partial charge in [-0.1, -0.05) is 13.0 Å². The lowest BCUT2D eigenvalue weighted by Gasteiger charge is -2.32. The number of hydrogen-bond acceptors (Lipinski definition) is 3. The van der Waals surface area contributed by atoms with Gasteiger partial charge in [0.15, 0.2) is 0 Å². The molecule has 19 heavy (non-hydrogen) atoms. The molecule has 2 rings (SSSR count). The number of thioether (sulfide) groups is 1. The molecule has 0 saturated heterocycles. The molecule has 0 spiro atoms. The molecular weight excluding hydrogens is 252 g/mol. The summed E-state index contributed by atoms with van der Waals surface area (Å²) in [6.07, 6.45) is 10.4. The Morgan fingerprint density at radius 1 is 1.53 bits per heavy atom. The van der Waals surface area contributed by atoms with Crippen LogP contribution in [-0.4, -0.2) is 29.6 Å². The number of aromatic nitrogens is 1. The van der Waals surface area contributed by atoms with Crippen molar-refractivity contribution in [1.29, 1.82) is 0 Å². The van der Waals surface area contributed by atoms with Gasteiger partial charge >= 0.3 is 0 Å². The van der Waals surface area contributed by atoms with Gasteiger partial charge in [-0.15, -0.1) is 0 Å². The summed E-state index contributed by atoms with van der Waals surface area (Å²) < 4.78 is 0. The van der Waals surface area contributed by atoms with Crippen LogP contribution in [0.25, 0.3) is 0 Å². The molecule has 0 amide bonds. The van der Waals surface area contributed by atoms with E-state index >= 15 is 0 Å². The Labute approximate surface area is 121 Å². The number of pyridine rings is 1. The van der Waals surface area contributed by atoms with Gasteiger partial charge in [0, 0.05) is 23.9 Å². The molecule has 2 atom stereocenters. The maximum Gasteiger partial charge on any atom is 0.0481 e.